The third-order valence-electron chi connectivity index (χ3n) is 3.50. The van der Waals surface area contributed by atoms with Crippen molar-refractivity contribution in [3.8, 4) is 22.9 Å². The minimum atomic E-state index is 0.425. The van der Waals surface area contributed by atoms with Gasteiger partial charge in [-0.3, -0.25) is 0 Å². The zero-order valence-electron chi connectivity index (χ0n) is 12.4. The van der Waals surface area contributed by atoms with Crippen LogP contribution in [0.1, 0.15) is 11.1 Å². The summed E-state index contributed by atoms with van der Waals surface area (Å²) in [6.45, 7) is 0.425. The molecule has 0 unspecified atom stereocenters. The van der Waals surface area contributed by atoms with E-state index < -0.39 is 0 Å². The van der Waals surface area contributed by atoms with Gasteiger partial charge in [0.15, 0.2) is 0 Å². The van der Waals surface area contributed by atoms with Gasteiger partial charge in [-0.05, 0) is 41.0 Å². The molecule has 0 aliphatic carbocycles. The van der Waals surface area contributed by atoms with E-state index in [1.165, 1.54) is 0 Å². The summed E-state index contributed by atoms with van der Waals surface area (Å²) in [5.41, 5.74) is 3.54. The van der Waals surface area contributed by atoms with Gasteiger partial charge in [-0.1, -0.05) is 60.1 Å². The molecule has 112 valence electrons. The van der Waals surface area contributed by atoms with Crippen molar-refractivity contribution in [1.29, 1.82) is 5.26 Å². The second kappa shape index (κ2) is 7.00. The minimum Gasteiger partial charge on any atom is -0.488 e. The number of halogens is 1. The van der Waals surface area contributed by atoms with Crippen LogP contribution in [0.3, 0.4) is 0 Å². The predicted molar refractivity (Wildman–Crippen MR) is 92.4 cm³/mol. The Morgan fingerprint density at radius 3 is 2.39 bits per heavy atom. The third-order valence-corrected chi connectivity index (χ3v) is 3.73. The quantitative estimate of drug-likeness (QED) is 0.640. The van der Waals surface area contributed by atoms with E-state index in [9.17, 15) is 5.26 Å². The van der Waals surface area contributed by atoms with Gasteiger partial charge in [0.1, 0.15) is 18.4 Å². The summed E-state index contributed by atoms with van der Waals surface area (Å²) < 4.78 is 5.85. The highest BCUT2D eigenvalue weighted by molar-refractivity contribution is 6.30. The molecule has 0 N–H and O–H groups in total. The molecule has 0 aliphatic rings. The van der Waals surface area contributed by atoms with Crippen molar-refractivity contribution >= 4 is 11.6 Å². The van der Waals surface area contributed by atoms with Crippen molar-refractivity contribution in [2.75, 3.05) is 0 Å². The van der Waals surface area contributed by atoms with Gasteiger partial charge in [-0.25, -0.2) is 0 Å². The number of nitrogens with zero attached hydrogens (tertiary/aromatic N) is 1. The SMILES string of the molecule is N#Cc1ccc(-c2cccc(Cl)c2)cc1OCc1ccccc1. The summed E-state index contributed by atoms with van der Waals surface area (Å²) in [4.78, 5) is 0. The normalized spacial score (nSPS) is 10.1. The lowest BCUT2D eigenvalue weighted by Crippen LogP contribution is -1.97. The lowest BCUT2D eigenvalue weighted by molar-refractivity contribution is 0.305. The maximum Gasteiger partial charge on any atom is 0.138 e. The van der Waals surface area contributed by atoms with Crippen LogP contribution >= 0.6 is 11.6 Å². The molecule has 0 bridgehead atoms. The van der Waals surface area contributed by atoms with Gasteiger partial charge in [-0.15, -0.1) is 0 Å². The van der Waals surface area contributed by atoms with Crippen LogP contribution in [-0.4, -0.2) is 0 Å². The molecule has 2 nitrogen and oxygen atoms in total. The molecule has 0 saturated carbocycles. The molecule has 23 heavy (non-hydrogen) atoms. The number of rotatable bonds is 4. The molecule has 0 radical (unpaired) electrons. The van der Waals surface area contributed by atoms with E-state index in [0.29, 0.717) is 22.9 Å². The highest BCUT2D eigenvalue weighted by Crippen LogP contribution is 2.29. The zero-order valence-corrected chi connectivity index (χ0v) is 13.1. The van der Waals surface area contributed by atoms with E-state index in [4.69, 9.17) is 16.3 Å². The summed E-state index contributed by atoms with van der Waals surface area (Å²) in [6, 6.07) is 25.2. The zero-order chi connectivity index (χ0) is 16.1. The van der Waals surface area contributed by atoms with E-state index in [-0.39, 0.29) is 0 Å². The Labute approximate surface area is 140 Å². The molecule has 3 heteroatoms. The number of hydrogen-bond donors (Lipinski definition) is 0. The van der Waals surface area contributed by atoms with Gasteiger partial charge >= 0.3 is 0 Å². The standard InChI is InChI=1S/C20H14ClNO/c21-19-8-4-7-16(11-19)17-9-10-18(13-22)20(12-17)23-14-15-5-2-1-3-6-15/h1-12H,14H2. The Hall–Kier alpha value is -2.76. The van der Waals surface area contributed by atoms with Gasteiger partial charge in [0, 0.05) is 5.02 Å². The Kier molecular flexibility index (Phi) is 4.61. The highest BCUT2D eigenvalue weighted by Gasteiger charge is 2.07. The Balaban J connectivity index is 1.89. The van der Waals surface area contributed by atoms with Crippen molar-refractivity contribution in [1.82, 2.24) is 0 Å². The molecule has 0 aromatic heterocycles. The molecule has 3 aromatic carbocycles. The van der Waals surface area contributed by atoms with Crippen LogP contribution < -0.4 is 4.74 Å². The summed E-state index contributed by atoms with van der Waals surface area (Å²) in [5, 5.41) is 9.95. The van der Waals surface area contributed by atoms with Crippen molar-refractivity contribution in [2.24, 2.45) is 0 Å². The molecular formula is C20H14ClNO. The first-order valence-electron chi connectivity index (χ1n) is 7.23. The Morgan fingerprint density at radius 1 is 0.870 bits per heavy atom. The van der Waals surface area contributed by atoms with Crippen LogP contribution in [0.5, 0.6) is 5.75 Å². The fourth-order valence-electron chi connectivity index (χ4n) is 2.32. The molecule has 0 atom stereocenters. The van der Waals surface area contributed by atoms with Gasteiger partial charge in [0.25, 0.3) is 0 Å². The molecule has 0 aliphatic heterocycles. The second-order valence-corrected chi connectivity index (χ2v) is 5.54. The monoisotopic (exact) mass is 319 g/mol. The molecular weight excluding hydrogens is 306 g/mol. The molecule has 0 heterocycles. The lowest BCUT2D eigenvalue weighted by Gasteiger charge is -2.10. The van der Waals surface area contributed by atoms with Crippen LogP contribution in [0.2, 0.25) is 5.02 Å². The van der Waals surface area contributed by atoms with Gasteiger partial charge in [0.2, 0.25) is 0 Å². The summed E-state index contributed by atoms with van der Waals surface area (Å²) in [5.74, 6) is 0.578. The van der Waals surface area contributed by atoms with Crippen molar-refractivity contribution in [2.45, 2.75) is 6.61 Å². The van der Waals surface area contributed by atoms with Crippen LogP contribution in [0.25, 0.3) is 11.1 Å². The number of benzene rings is 3. The highest BCUT2D eigenvalue weighted by atomic mass is 35.5. The van der Waals surface area contributed by atoms with Gasteiger partial charge < -0.3 is 4.74 Å². The molecule has 0 saturated heterocycles. The number of hydrogen-bond acceptors (Lipinski definition) is 2. The van der Waals surface area contributed by atoms with Crippen LogP contribution in [0.4, 0.5) is 0 Å². The fourth-order valence-corrected chi connectivity index (χ4v) is 2.51. The summed E-state index contributed by atoms with van der Waals surface area (Å²) in [6.07, 6.45) is 0. The summed E-state index contributed by atoms with van der Waals surface area (Å²) in [7, 11) is 0. The van der Waals surface area contributed by atoms with Crippen LogP contribution in [-0.2, 0) is 6.61 Å². The smallest absolute Gasteiger partial charge is 0.138 e. The van der Waals surface area contributed by atoms with Crippen molar-refractivity contribution in [3.05, 3.63) is 88.9 Å². The minimum absolute atomic E-state index is 0.425. The van der Waals surface area contributed by atoms with E-state index >= 15 is 0 Å². The van der Waals surface area contributed by atoms with Crippen molar-refractivity contribution in [3.63, 3.8) is 0 Å². The first-order valence-corrected chi connectivity index (χ1v) is 7.61. The van der Waals surface area contributed by atoms with E-state index in [0.717, 1.165) is 16.7 Å². The number of nitriles is 1. The molecule has 0 fully saturated rings. The summed E-state index contributed by atoms with van der Waals surface area (Å²) >= 11 is 6.05. The largest absolute Gasteiger partial charge is 0.488 e. The van der Waals surface area contributed by atoms with Crippen LogP contribution in [0, 0.1) is 11.3 Å². The molecule has 0 spiro atoms. The maximum absolute atomic E-state index is 9.27. The first kappa shape index (κ1) is 15.1. The van der Waals surface area contributed by atoms with Crippen molar-refractivity contribution < 1.29 is 4.74 Å². The second-order valence-electron chi connectivity index (χ2n) is 5.11. The van der Waals surface area contributed by atoms with E-state index in [1.54, 1.807) is 6.07 Å². The predicted octanol–water partition coefficient (Wildman–Crippen LogP) is 5.46. The Morgan fingerprint density at radius 2 is 1.65 bits per heavy atom. The van der Waals surface area contributed by atoms with E-state index in [2.05, 4.69) is 6.07 Å². The average molecular weight is 320 g/mol. The Bertz CT molecular complexity index is 853. The van der Waals surface area contributed by atoms with Crippen LogP contribution in [0.15, 0.2) is 72.8 Å². The molecule has 3 rings (SSSR count). The maximum atomic E-state index is 9.27. The molecule has 3 aromatic rings. The fraction of sp³-hybridized carbons (Fsp3) is 0.0500. The van der Waals surface area contributed by atoms with Gasteiger partial charge in [0.05, 0.1) is 5.56 Å². The third kappa shape index (κ3) is 3.71. The number of ether oxygens (including phenoxy) is 1. The lowest BCUT2D eigenvalue weighted by atomic mass is 10.0. The topological polar surface area (TPSA) is 33.0 Å². The average Bonchev–Trinajstić information content (AvgIpc) is 2.60. The van der Waals surface area contributed by atoms with E-state index in [1.807, 2.05) is 66.7 Å². The first-order chi connectivity index (χ1) is 11.3. The molecule has 0 amide bonds. The van der Waals surface area contributed by atoms with Gasteiger partial charge in [-0.2, -0.15) is 5.26 Å².